The van der Waals surface area contributed by atoms with Gasteiger partial charge in [0.2, 0.25) is 0 Å². The first kappa shape index (κ1) is 23.1. The summed E-state index contributed by atoms with van der Waals surface area (Å²) < 4.78 is 0. The molecule has 2 unspecified atom stereocenters. The molecule has 3 rings (SSSR count). The lowest BCUT2D eigenvalue weighted by molar-refractivity contribution is 0.0853. The molecule has 3 nitrogen and oxygen atoms in total. The van der Waals surface area contributed by atoms with Gasteiger partial charge >= 0.3 is 0 Å². The molecule has 1 aromatic rings. The van der Waals surface area contributed by atoms with Crippen molar-refractivity contribution in [3.63, 3.8) is 0 Å². The number of carbonyl (C=O) groups excluding carboxylic acids is 1. The molecule has 0 aromatic heterocycles. The fourth-order valence-electron chi connectivity index (χ4n) is 5.30. The highest BCUT2D eigenvalue weighted by atomic mass is 16.1. The second kappa shape index (κ2) is 11.7. The molecule has 1 saturated heterocycles. The van der Waals surface area contributed by atoms with E-state index in [4.69, 9.17) is 0 Å². The third kappa shape index (κ3) is 6.44. The fraction of sp³-hybridized carbons (Fsp3) is 0.667. The van der Waals surface area contributed by atoms with Crippen LogP contribution in [0.4, 0.5) is 0 Å². The van der Waals surface area contributed by atoms with Crippen LogP contribution in [-0.2, 0) is 0 Å². The summed E-state index contributed by atoms with van der Waals surface area (Å²) in [6.45, 7) is 10.1. The van der Waals surface area contributed by atoms with E-state index in [-0.39, 0.29) is 5.91 Å². The van der Waals surface area contributed by atoms with Crippen molar-refractivity contribution in [2.75, 3.05) is 19.6 Å². The molecular formula is C27H42N2O. The summed E-state index contributed by atoms with van der Waals surface area (Å²) in [4.78, 5) is 15.6. The van der Waals surface area contributed by atoms with E-state index in [0.717, 1.165) is 24.4 Å². The summed E-state index contributed by atoms with van der Waals surface area (Å²) in [5.41, 5.74) is 3.21. The Morgan fingerprint density at radius 1 is 1.10 bits per heavy atom. The molecule has 1 aliphatic carbocycles. The molecule has 166 valence electrons. The Hall–Kier alpha value is -1.61. The third-order valence-electron chi connectivity index (χ3n) is 7.32. The minimum absolute atomic E-state index is 0.0936. The lowest BCUT2D eigenvalue weighted by Crippen LogP contribution is -2.48. The lowest BCUT2D eigenvalue weighted by atomic mass is 9.83. The molecule has 1 aromatic carbocycles. The number of likely N-dealkylation sites (tertiary alicyclic amines) is 1. The summed E-state index contributed by atoms with van der Waals surface area (Å²) in [5, 5.41) is 3.40. The third-order valence-corrected chi connectivity index (χ3v) is 7.32. The predicted molar refractivity (Wildman–Crippen MR) is 128 cm³/mol. The number of amides is 1. The molecule has 30 heavy (non-hydrogen) atoms. The number of carbonyl (C=O) groups is 1. The number of hydrogen-bond donors (Lipinski definition) is 1. The van der Waals surface area contributed by atoms with Crippen molar-refractivity contribution < 1.29 is 4.79 Å². The molecule has 0 radical (unpaired) electrons. The first-order valence-corrected chi connectivity index (χ1v) is 12.4. The van der Waals surface area contributed by atoms with Gasteiger partial charge < -0.3 is 10.2 Å². The van der Waals surface area contributed by atoms with Gasteiger partial charge in [-0.05, 0) is 87.6 Å². The number of rotatable bonds is 8. The predicted octanol–water partition coefficient (Wildman–Crippen LogP) is 6.30. The Morgan fingerprint density at radius 3 is 2.57 bits per heavy atom. The first-order valence-electron chi connectivity index (χ1n) is 12.4. The van der Waals surface area contributed by atoms with E-state index >= 15 is 0 Å². The van der Waals surface area contributed by atoms with Crippen LogP contribution in [-0.4, -0.2) is 36.5 Å². The number of allylic oxidation sites excluding steroid dienone is 2. The van der Waals surface area contributed by atoms with Crippen molar-refractivity contribution in [3.8, 4) is 0 Å². The molecule has 0 bridgehead atoms. The van der Waals surface area contributed by atoms with Crippen LogP contribution < -0.4 is 5.32 Å². The van der Waals surface area contributed by atoms with E-state index in [1.165, 1.54) is 75.6 Å². The SMILES string of the molecule is C/C=C(\C)c1ccc(C(=O)NC2CCCC[C@H]2CN2CCCC(CCCC)C2)cc1. The maximum absolute atomic E-state index is 12.9. The number of hydrogen-bond acceptors (Lipinski definition) is 2. The van der Waals surface area contributed by atoms with Crippen molar-refractivity contribution in [1.82, 2.24) is 10.2 Å². The average Bonchev–Trinajstić information content (AvgIpc) is 2.78. The molecular weight excluding hydrogens is 368 g/mol. The monoisotopic (exact) mass is 410 g/mol. The molecule has 2 fully saturated rings. The molecule has 1 heterocycles. The molecule has 2 aliphatic rings. The van der Waals surface area contributed by atoms with Gasteiger partial charge in [0.25, 0.3) is 5.91 Å². The molecule has 1 amide bonds. The zero-order valence-corrected chi connectivity index (χ0v) is 19.5. The van der Waals surface area contributed by atoms with Gasteiger partial charge in [-0.25, -0.2) is 0 Å². The summed E-state index contributed by atoms with van der Waals surface area (Å²) in [6.07, 6.45) is 13.8. The number of nitrogens with zero attached hydrogens (tertiary/aromatic N) is 1. The Kier molecular flexibility index (Phi) is 8.99. The van der Waals surface area contributed by atoms with E-state index in [9.17, 15) is 4.79 Å². The van der Waals surface area contributed by atoms with E-state index < -0.39 is 0 Å². The van der Waals surface area contributed by atoms with Crippen LogP contribution in [0.5, 0.6) is 0 Å². The minimum atomic E-state index is 0.0936. The van der Waals surface area contributed by atoms with Crippen LogP contribution in [0, 0.1) is 11.8 Å². The number of benzene rings is 1. The van der Waals surface area contributed by atoms with Crippen LogP contribution in [0.15, 0.2) is 30.3 Å². The Bertz CT molecular complexity index is 693. The molecule has 3 heteroatoms. The van der Waals surface area contributed by atoms with Gasteiger partial charge in [0.15, 0.2) is 0 Å². The minimum Gasteiger partial charge on any atom is -0.349 e. The molecule has 3 atom stereocenters. The summed E-state index contributed by atoms with van der Waals surface area (Å²) in [6, 6.07) is 8.38. The van der Waals surface area contributed by atoms with Gasteiger partial charge in [-0.3, -0.25) is 4.79 Å². The van der Waals surface area contributed by atoms with Crippen molar-refractivity contribution in [3.05, 3.63) is 41.5 Å². The van der Waals surface area contributed by atoms with Crippen LogP contribution in [0.25, 0.3) is 5.57 Å². The van der Waals surface area contributed by atoms with Gasteiger partial charge in [0, 0.05) is 24.7 Å². The Balaban J connectivity index is 1.56. The van der Waals surface area contributed by atoms with E-state index in [1.807, 2.05) is 19.1 Å². The van der Waals surface area contributed by atoms with Crippen LogP contribution >= 0.6 is 0 Å². The Morgan fingerprint density at radius 2 is 1.83 bits per heavy atom. The second-order valence-electron chi connectivity index (χ2n) is 9.58. The highest BCUT2D eigenvalue weighted by Gasteiger charge is 2.30. The van der Waals surface area contributed by atoms with E-state index in [1.54, 1.807) is 0 Å². The summed E-state index contributed by atoms with van der Waals surface area (Å²) >= 11 is 0. The topological polar surface area (TPSA) is 32.3 Å². The fourth-order valence-corrected chi connectivity index (χ4v) is 5.30. The van der Waals surface area contributed by atoms with Gasteiger partial charge in [-0.15, -0.1) is 0 Å². The lowest BCUT2D eigenvalue weighted by Gasteiger charge is -2.39. The van der Waals surface area contributed by atoms with Crippen LogP contribution in [0.1, 0.15) is 94.5 Å². The normalized spacial score (nSPS) is 25.8. The molecule has 1 saturated carbocycles. The van der Waals surface area contributed by atoms with Gasteiger partial charge in [-0.1, -0.05) is 50.8 Å². The average molecular weight is 411 g/mol. The van der Waals surface area contributed by atoms with Crippen LogP contribution in [0.3, 0.4) is 0 Å². The summed E-state index contributed by atoms with van der Waals surface area (Å²) in [7, 11) is 0. The van der Waals surface area contributed by atoms with Gasteiger partial charge in [-0.2, -0.15) is 0 Å². The standard InChI is InChI=1S/C27H42N2O/c1-4-6-10-22-11-9-18-29(19-22)20-25-12-7-8-13-26(25)28-27(30)24-16-14-23(15-17-24)21(3)5-2/h5,14-17,22,25-26H,4,6-13,18-20H2,1-3H3,(H,28,30)/b21-5+/t22?,25-,26?/m0/s1. The van der Waals surface area contributed by atoms with Gasteiger partial charge in [0.1, 0.15) is 0 Å². The van der Waals surface area contributed by atoms with Gasteiger partial charge in [0.05, 0.1) is 0 Å². The maximum Gasteiger partial charge on any atom is 0.251 e. The summed E-state index contributed by atoms with van der Waals surface area (Å²) in [5.74, 6) is 1.57. The van der Waals surface area contributed by atoms with Crippen molar-refractivity contribution in [1.29, 1.82) is 0 Å². The smallest absolute Gasteiger partial charge is 0.251 e. The first-order chi connectivity index (χ1) is 14.6. The molecule has 0 spiro atoms. The second-order valence-corrected chi connectivity index (χ2v) is 9.58. The van der Waals surface area contributed by atoms with Crippen molar-refractivity contribution in [2.24, 2.45) is 11.8 Å². The largest absolute Gasteiger partial charge is 0.349 e. The molecule has 1 N–H and O–H groups in total. The zero-order chi connectivity index (χ0) is 21.3. The highest BCUT2D eigenvalue weighted by molar-refractivity contribution is 5.94. The number of nitrogens with one attached hydrogen (secondary N) is 1. The van der Waals surface area contributed by atoms with Crippen molar-refractivity contribution in [2.45, 2.75) is 84.6 Å². The Labute approximate surface area is 184 Å². The maximum atomic E-state index is 12.9. The van der Waals surface area contributed by atoms with Crippen LogP contribution in [0.2, 0.25) is 0 Å². The van der Waals surface area contributed by atoms with Crippen molar-refractivity contribution >= 4 is 11.5 Å². The molecule has 1 aliphatic heterocycles. The zero-order valence-electron chi connectivity index (χ0n) is 19.5. The van der Waals surface area contributed by atoms with E-state index in [2.05, 4.69) is 42.3 Å². The number of piperidine rings is 1. The highest BCUT2D eigenvalue weighted by Crippen LogP contribution is 2.28. The quantitative estimate of drug-likeness (QED) is 0.545. The number of unbranched alkanes of at least 4 members (excludes halogenated alkanes) is 1. The van der Waals surface area contributed by atoms with E-state index in [0.29, 0.717) is 12.0 Å².